The van der Waals surface area contributed by atoms with Gasteiger partial charge in [0.2, 0.25) is 5.95 Å². The Hall–Kier alpha value is -2.16. The van der Waals surface area contributed by atoms with Crippen LogP contribution < -0.4 is 21.1 Å². The minimum absolute atomic E-state index is 0. The molecule has 2 unspecified atom stereocenters. The Bertz CT molecular complexity index is 1210. The fourth-order valence-corrected chi connectivity index (χ4v) is 5.69. The highest BCUT2D eigenvalue weighted by Gasteiger charge is 2.24. The zero-order valence-electron chi connectivity index (χ0n) is 19.8. The summed E-state index contributed by atoms with van der Waals surface area (Å²) in [4.78, 5) is 24.9. The van der Waals surface area contributed by atoms with Crippen LogP contribution in [-0.4, -0.2) is 39.7 Å². The van der Waals surface area contributed by atoms with Gasteiger partial charge in [-0.1, -0.05) is 12.8 Å². The lowest BCUT2D eigenvalue weighted by Gasteiger charge is -2.37. The largest absolute Gasteiger partial charge is 0.368 e. The van der Waals surface area contributed by atoms with Gasteiger partial charge in [0.25, 0.3) is 5.56 Å². The summed E-state index contributed by atoms with van der Waals surface area (Å²) < 4.78 is 2.49. The number of nitrogens with one attached hydrogen (secondary N) is 2. The smallest absolute Gasteiger partial charge is 0.267 e. The number of pyridine rings is 1. The average Bonchev–Trinajstić information content (AvgIpc) is 3.32. The molecule has 7 nitrogen and oxygen atoms in total. The van der Waals surface area contributed by atoms with Crippen LogP contribution in [0.25, 0.3) is 11.0 Å². The third-order valence-electron chi connectivity index (χ3n) is 6.87. The summed E-state index contributed by atoms with van der Waals surface area (Å²) in [6, 6.07) is 9.56. The van der Waals surface area contributed by atoms with E-state index in [9.17, 15) is 4.79 Å². The van der Waals surface area contributed by atoms with Crippen LogP contribution in [0.3, 0.4) is 0 Å². The standard InChI is InChI=1S/C25H31BrN6O.ClH/c1-15-13-31(14-16(2)28-15)19-10-8-18(9-11-19)29-25-27-12-21-17(3)22(26)24(33)32(23(21)30-25)20-6-4-5-7-20;/h8-12,15-16,20,28H,4-7,13-14H2,1-3H3,(H,27,29,30);1H. The fourth-order valence-electron chi connectivity index (χ4n) is 5.29. The molecule has 34 heavy (non-hydrogen) atoms. The van der Waals surface area contributed by atoms with E-state index in [0.717, 1.165) is 55.4 Å². The van der Waals surface area contributed by atoms with Crippen molar-refractivity contribution in [2.75, 3.05) is 23.3 Å². The summed E-state index contributed by atoms with van der Waals surface area (Å²) >= 11 is 3.50. The molecule has 5 rings (SSSR count). The Morgan fingerprint density at radius 1 is 1.09 bits per heavy atom. The normalized spacial score (nSPS) is 21.0. The van der Waals surface area contributed by atoms with Gasteiger partial charge in [-0.05, 0) is 79.4 Å². The number of piperazine rings is 1. The van der Waals surface area contributed by atoms with E-state index < -0.39 is 0 Å². The van der Waals surface area contributed by atoms with Crippen molar-refractivity contribution in [2.24, 2.45) is 0 Å². The Balaban J connectivity index is 0.00000274. The summed E-state index contributed by atoms with van der Waals surface area (Å²) in [5, 5.41) is 7.82. The number of hydrogen-bond acceptors (Lipinski definition) is 6. The Kier molecular flexibility index (Phi) is 7.50. The molecule has 3 aromatic rings. The molecule has 1 saturated carbocycles. The molecule has 0 amide bonds. The molecule has 9 heteroatoms. The Labute approximate surface area is 214 Å². The summed E-state index contributed by atoms with van der Waals surface area (Å²) in [5.74, 6) is 0.507. The zero-order chi connectivity index (χ0) is 23.1. The maximum atomic E-state index is 13.1. The van der Waals surface area contributed by atoms with Crippen molar-refractivity contribution < 1.29 is 0 Å². The number of rotatable bonds is 4. The number of halogens is 2. The number of aromatic nitrogens is 3. The predicted molar refractivity (Wildman–Crippen MR) is 145 cm³/mol. The highest BCUT2D eigenvalue weighted by Crippen LogP contribution is 2.33. The summed E-state index contributed by atoms with van der Waals surface area (Å²) in [6.07, 6.45) is 6.16. The summed E-state index contributed by atoms with van der Waals surface area (Å²) in [7, 11) is 0. The Morgan fingerprint density at radius 3 is 2.38 bits per heavy atom. The molecule has 0 radical (unpaired) electrons. The van der Waals surface area contributed by atoms with E-state index in [2.05, 4.69) is 74.6 Å². The van der Waals surface area contributed by atoms with Crippen LogP contribution in [-0.2, 0) is 0 Å². The van der Waals surface area contributed by atoms with Crippen molar-refractivity contribution in [1.29, 1.82) is 0 Å². The molecule has 182 valence electrons. The molecule has 1 aliphatic carbocycles. The van der Waals surface area contributed by atoms with Gasteiger partial charge in [-0.2, -0.15) is 4.98 Å². The number of hydrogen-bond donors (Lipinski definition) is 2. The van der Waals surface area contributed by atoms with Crippen LogP contribution in [0.1, 0.15) is 51.1 Å². The van der Waals surface area contributed by atoms with Gasteiger partial charge in [0.15, 0.2) is 0 Å². The van der Waals surface area contributed by atoms with Crippen LogP contribution in [0, 0.1) is 6.92 Å². The van der Waals surface area contributed by atoms with E-state index in [1.807, 2.05) is 17.7 Å². The number of anilines is 3. The molecular formula is C25H32BrClN6O. The van der Waals surface area contributed by atoms with Crippen LogP contribution in [0.15, 0.2) is 39.7 Å². The zero-order valence-corrected chi connectivity index (χ0v) is 22.2. The van der Waals surface area contributed by atoms with Gasteiger partial charge in [0.05, 0.1) is 4.47 Å². The van der Waals surface area contributed by atoms with Gasteiger partial charge < -0.3 is 15.5 Å². The molecule has 2 atom stereocenters. The number of nitrogens with zero attached hydrogens (tertiary/aromatic N) is 4. The molecule has 1 aromatic carbocycles. The highest BCUT2D eigenvalue weighted by atomic mass is 79.9. The van der Waals surface area contributed by atoms with Crippen molar-refractivity contribution in [3.63, 3.8) is 0 Å². The quantitative estimate of drug-likeness (QED) is 0.460. The van der Waals surface area contributed by atoms with Crippen LogP contribution >= 0.6 is 28.3 Å². The maximum absolute atomic E-state index is 13.1. The van der Waals surface area contributed by atoms with Crippen LogP contribution in [0.5, 0.6) is 0 Å². The monoisotopic (exact) mass is 546 g/mol. The van der Waals surface area contributed by atoms with Gasteiger partial charge in [-0.15, -0.1) is 12.4 Å². The van der Waals surface area contributed by atoms with Crippen molar-refractivity contribution in [3.05, 3.63) is 50.9 Å². The predicted octanol–water partition coefficient (Wildman–Crippen LogP) is 5.33. The Morgan fingerprint density at radius 2 is 1.74 bits per heavy atom. The first-order chi connectivity index (χ1) is 15.9. The molecule has 1 aliphatic heterocycles. The summed E-state index contributed by atoms with van der Waals surface area (Å²) in [6.45, 7) is 8.39. The first-order valence-electron chi connectivity index (χ1n) is 11.9. The van der Waals surface area contributed by atoms with Gasteiger partial charge >= 0.3 is 0 Å². The van der Waals surface area contributed by atoms with Gasteiger partial charge in [-0.3, -0.25) is 9.36 Å². The van der Waals surface area contributed by atoms with Gasteiger partial charge in [0, 0.05) is 54.2 Å². The van der Waals surface area contributed by atoms with E-state index in [-0.39, 0.29) is 24.0 Å². The van der Waals surface area contributed by atoms with Crippen molar-refractivity contribution >= 4 is 56.7 Å². The highest BCUT2D eigenvalue weighted by molar-refractivity contribution is 9.10. The molecule has 2 fully saturated rings. The second kappa shape index (κ2) is 10.2. The molecule has 1 saturated heterocycles. The minimum atomic E-state index is 0. The van der Waals surface area contributed by atoms with Gasteiger partial charge in [-0.25, -0.2) is 4.98 Å². The molecule has 0 bridgehead atoms. The second-order valence-electron chi connectivity index (χ2n) is 9.53. The fraction of sp³-hybridized carbons (Fsp3) is 0.480. The molecule has 0 spiro atoms. The van der Waals surface area contributed by atoms with Crippen LogP contribution in [0.4, 0.5) is 17.3 Å². The number of benzene rings is 1. The van der Waals surface area contributed by atoms with Crippen molar-refractivity contribution in [1.82, 2.24) is 19.9 Å². The molecule has 2 N–H and O–H groups in total. The first kappa shape index (κ1) is 24.9. The first-order valence-corrected chi connectivity index (χ1v) is 12.7. The van der Waals surface area contributed by atoms with Crippen molar-refractivity contribution in [3.8, 4) is 0 Å². The maximum Gasteiger partial charge on any atom is 0.267 e. The molecule has 2 aromatic heterocycles. The number of fused-ring (bicyclic) bond motifs is 1. The second-order valence-corrected chi connectivity index (χ2v) is 10.3. The molecule has 3 heterocycles. The lowest BCUT2D eigenvalue weighted by molar-refractivity contribution is 0.407. The van der Waals surface area contributed by atoms with E-state index >= 15 is 0 Å². The van der Waals surface area contributed by atoms with Gasteiger partial charge in [0.1, 0.15) is 5.65 Å². The number of aryl methyl sites for hydroxylation is 1. The summed E-state index contributed by atoms with van der Waals surface area (Å²) in [5.41, 5.74) is 3.75. The van der Waals surface area contributed by atoms with Crippen molar-refractivity contribution in [2.45, 2.75) is 64.6 Å². The lowest BCUT2D eigenvalue weighted by atomic mass is 10.1. The molecule has 2 aliphatic rings. The lowest BCUT2D eigenvalue weighted by Crippen LogP contribution is -2.54. The van der Waals surface area contributed by atoms with E-state index in [4.69, 9.17) is 4.98 Å². The van der Waals surface area contributed by atoms with E-state index in [1.165, 1.54) is 5.69 Å². The SMILES string of the molecule is Cc1c(Br)c(=O)n(C2CCCC2)c2nc(Nc3ccc(N4CC(C)NC(C)C4)cc3)ncc12.Cl. The van der Waals surface area contributed by atoms with E-state index in [0.29, 0.717) is 28.2 Å². The minimum Gasteiger partial charge on any atom is -0.368 e. The average molecular weight is 548 g/mol. The molecular weight excluding hydrogens is 516 g/mol. The topological polar surface area (TPSA) is 75.1 Å². The van der Waals surface area contributed by atoms with Crippen LogP contribution in [0.2, 0.25) is 0 Å². The van der Waals surface area contributed by atoms with E-state index in [1.54, 1.807) is 0 Å². The third-order valence-corrected chi connectivity index (χ3v) is 7.81. The third kappa shape index (κ3) is 4.81.